The van der Waals surface area contributed by atoms with Gasteiger partial charge in [-0.15, -0.1) is 0 Å². The minimum Gasteiger partial charge on any atom is -0.456 e. The second kappa shape index (κ2) is 12.9. The van der Waals surface area contributed by atoms with Gasteiger partial charge >= 0.3 is 0 Å². The molecule has 1 N–H and O–H groups in total. The van der Waals surface area contributed by atoms with E-state index in [9.17, 15) is 0 Å². The van der Waals surface area contributed by atoms with Gasteiger partial charge in [0.15, 0.2) is 5.84 Å². The van der Waals surface area contributed by atoms with Crippen molar-refractivity contribution in [2.75, 3.05) is 0 Å². The van der Waals surface area contributed by atoms with Crippen LogP contribution in [-0.4, -0.2) is 11.7 Å². The first-order chi connectivity index (χ1) is 26.3. The van der Waals surface area contributed by atoms with Crippen LogP contribution in [0.25, 0.3) is 66.1 Å². The van der Waals surface area contributed by atoms with Crippen LogP contribution in [0, 0.1) is 0 Å². The third-order valence-corrected chi connectivity index (χ3v) is 10.2. The predicted molar refractivity (Wildman–Crippen MR) is 219 cm³/mol. The summed E-state index contributed by atoms with van der Waals surface area (Å²) in [6.07, 6.45) is -0.481. The zero-order chi connectivity index (χ0) is 35.1. The van der Waals surface area contributed by atoms with E-state index in [4.69, 9.17) is 14.4 Å². The second-order valence-corrected chi connectivity index (χ2v) is 13.3. The average molecular weight is 680 g/mol. The zero-order valence-corrected chi connectivity index (χ0v) is 28.8. The Labute approximate surface area is 307 Å². The van der Waals surface area contributed by atoms with Crippen LogP contribution in [0.5, 0.6) is 0 Å². The average Bonchev–Trinajstić information content (AvgIpc) is 3.62. The molecule has 4 heteroatoms. The van der Waals surface area contributed by atoms with Gasteiger partial charge in [0.2, 0.25) is 0 Å². The van der Waals surface area contributed by atoms with E-state index in [1.165, 1.54) is 22.1 Å². The van der Waals surface area contributed by atoms with Gasteiger partial charge in [-0.2, -0.15) is 0 Å². The lowest BCUT2D eigenvalue weighted by Gasteiger charge is -2.27. The molecule has 53 heavy (non-hydrogen) atoms. The van der Waals surface area contributed by atoms with Crippen LogP contribution in [0.3, 0.4) is 0 Å². The van der Waals surface area contributed by atoms with Crippen LogP contribution in [0.4, 0.5) is 0 Å². The Kier molecular flexibility index (Phi) is 7.51. The van der Waals surface area contributed by atoms with Gasteiger partial charge in [0.1, 0.15) is 23.2 Å². The largest absolute Gasteiger partial charge is 0.456 e. The summed E-state index contributed by atoms with van der Waals surface area (Å²) in [5, 5.41) is 8.25. The predicted octanol–water partition coefficient (Wildman–Crippen LogP) is 12.2. The minimum atomic E-state index is -0.481. The molecule has 0 saturated carbocycles. The van der Waals surface area contributed by atoms with Crippen molar-refractivity contribution >= 4 is 44.4 Å². The molecular formula is C49H33N3O. The molecule has 0 amide bonds. The fourth-order valence-electron chi connectivity index (χ4n) is 7.70. The highest BCUT2D eigenvalue weighted by Gasteiger charge is 2.28. The molecule has 1 aromatic heterocycles. The number of hydrogen-bond acceptors (Lipinski definition) is 4. The summed E-state index contributed by atoms with van der Waals surface area (Å²) in [6.45, 7) is 0. The van der Waals surface area contributed by atoms with Crippen LogP contribution < -0.4 is 5.32 Å². The quantitative estimate of drug-likeness (QED) is 0.190. The molecule has 250 valence electrons. The Bertz CT molecular complexity index is 2850. The van der Waals surface area contributed by atoms with Gasteiger partial charge in [0.05, 0.1) is 0 Å². The lowest BCUT2D eigenvalue weighted by Crippen LogP contribution is -2.34. The molecule has 8 aromatic carbocycles. The van der Waals surface area contributed by atoms with E-state index in [2.05, 4.69) is 163 Å². The van der Waals surface area contributed by atoms with Crippen molar-refractivity contribution in [1.29, 1.82) is 0 Å². The van der Waals surface area contributed by atoms with Crippen molar-refractivity contribution in [3.8, 4) is 33.4 Å². The highest BCUT2D eigenvalue weighted by Crippen LogP contribution is 2.42. The van der Waals surface area contributed by atoms with E-state index in [-0.39, 0.29) is 0 Å². The summed E-state index contributed by atoms with van der Waals surface area (Å²) in [4.78, 5) is 10.7. The maximum atomic E-state index is 6.50. The summed E-state index contributed by atoms with van der Waals surface area (Å²) in [5.41, 5.74) is 11.6. The highest BCUT2D eigenvalue weighted by molar-refractivity contribution is 6.19. The monoisotopic (exact) mass is 679 g/mol. The van der Waals surface area contributed by atoms with Crippen LogP contribution >= 0.6 is 0 Å². The van der Waals surface area contributed by atoms with Gasteiger partial charge in [0.25, 0.3) is 0 Å². The van der Waals surface area contributed by atoms with E-state index >= 15 is 0 Å². The number of aliphatic imine (C=N–C) groups is 2. The lowest BCUT2D eigenvalue weighted by atomic mass is 9.91. The number of fused-ring (bicyclic) bond motifs is 4. The molecule has 1 atom stereocenters. The molecular weight excluding hydrogens is 647 g/mol. The first kappa shape index (κ1) is 30.8. The molecule has 2 heterocycles. The Balaban J connectivity index is 1.21. The third kappa shape index (κ3) is 5.49. The van der Waals surface area contributed by atoms with Crippen molar-refractivity contribution in [1.82, 2.24) is 5.32 Å². The molecule has 1 unspecified atom stereocenters. The topological polar surface area (TPSA) is 49.9 Å². The highest BCUT2D eigenvalue weighted by atomic mass is 16.3. The molecule has 0 fully saturated rings. The smallest absolute Gasteiger partial charge is 0.159 e. The number of amidine groups is 2. The molecule has 1 aliphatic rings. The molecule has 0 radical (unpaired) electrons. The molecule has 10 rings (SSSR count). The second-order valence-electron chi connectivity index (χ2n) is 13.3. The van der Waals surface area contributed by atoms with Gasteiger partial charge in [-0.25, -0.2) is 9.98 Å². The van der Waals surface area contributed by atoms with Crippen LogP contribution in [0.15, 0.2) is 202 Å². The van der Waals surface area contributed by atoms with Gasteiger partial charge in [-0.1, -0.05) is 170 Å². The van der Waals surface area contributed by atoms with Crippen molar-refractivity contribution < 1.29 is 4.42 Å². The summed E-state index contributed by atoms with van der Waals surface area (Å²) in [5.74, 6) is 1.45. The third-order valence-electron chi connectivity index (χ3n) is 10.2. The van der Waals surface area contributed by atoms with Crippen LogP contribution in [0.1, 0.15) is 22.9 Å². The SMILES string of the molecule is c1ccc(C2=NC(c3c(-c4cccc(-c5ccccc5)c4)ccc4oc5ccccc5c34)NC(c3ccc(-c4ccccc4)c4ccccc34)=N2)cc1. The number of nitrogens with one attached hydrogen (secondary N) is 1. The normalized spacial score (nSPS) is 14.2. The first-order valence-corrected chi connectivity index (χ1v) is 17.9. The fraction of sp³-hybridized carbons (Fsp3) is 0.0204. The maximum absolute atomic E-state index is 6.50. The maximum Gasteiger partial charge on any atom is 0.159 e. The molecule has 1 aliphatic heterocycles. The van der Waals surface area contributed by atoms with Crippen molar-refractivity contribution in [3.05, 3.63) is 205 Å². The van der Waals surface area contributed by atoms with Crippen LogP contribution in [0.2, 0.25) is 0 Å². The number of rotatable bonds is 6. The Morgan fingerprint density at radius 1 is 0.415 bits per heavy atom. The van der Waals surface area contributed by atoms with Crippen molar-refractivity contribution in [2.45, 2.75) is 6.17 Å². The van der Waals surface area contributed by atoms with Crippen molar-refractivity contribution in [2.24, 2.45) is 9.98 Å². The minimum absolute atomic E-state index is 0.481. The van der Waals surface area contributed by atoms with Gasteiger partial charge in [-0.3, -0.25) is 0 Å². The Morgan fingerprint density at radius 2 is 0.981 bits per heavy atom. The molecule has 9 aromatic rings. The number of furan rings is 1. The van der Waals surface area contributed by atoms with E-state index in [0.717, 1.165) is 66.5 Å². The van der Waals surface area contributed by atoms with Gasteiger partial charge in [-0.05, 0) is 62.4 Å². The fourth-order valence-corrected chi connectivity index (χ4v) is 7.70. The number of benzene rings is 8. The molecule has 0 bridgehead atoms. The lowest BCUT2D eigenvalue weighted by molar-refractivity contribution is 0.663. The van der Waals surface area contributed by atoms with Gasteiger partial charge in [0, 0.05) is 27.5 Å². The van der Waals surface area contributed by atoms with E-state index in [1.54, 1.807) is 0 Å². The summed E-state index contributed by atoms with van der Waals surface area (Å²) in [7, 11) is 0. The molecule has 4 nitrogen and oxygen atoms in total. The number of hydrogen-bond donors (Lipinski definition) is 1. The van der Waals surface area contributed by atoms with Gasteiger partial charge < -0.3 is 9.73 Å². The Morgan fingerprint density at radius 3 is 1.74 bits per heavy atom. The number of para-hydroxylation sites is 1. The van der Waals surface area contributed by atoms with E-state index in [0.29, 0.717) is 5.84 Å². The zero-order valence-electron chi connectivity index (χ0n) is 28.8. The Hall–Kier alpha value is -7.04. The summed E-state index contributed by atoms with van der Waals surface area (Å²) in [6, 6.07) is 65.7. The molecule has 0 aliphatic carbocycles. The summed E-state index contributed by atoms with van der Waals surface area (Å²) < 4.78 is 6.50. The molecule has 0 saturated heterocycles. The standard InChI is InChI=1S/C49H33N3O/c1-4-15-32(16-5-1)35-21-14-22-36(31-35)38-29-30-44-45(42-25-12-13-26-43(42)53-44)46(38)49-51-47(34-19-8-3-9-20-34)50-48(52-49)41-28-27-37(33-17-6-2-7-18-33)39-23-10-11-24-40(39)41/h1-31,49H,(H,50,51,52). The van der Waals surface area contributed by atoms with Crippen LogP contribution in [-0.2, 0) is 0 Å². The van der Waals surface area contributed by atoms with Crippen molar-refractivity contribution in [3.63, 3.8) is 0 Å². The number of nitrogens with zero attached hydrogens (tertiary/aromatic N) is 2. The van der Waals surface area contributed by atoms with E-state index in [1.807, 2.05) is 30.3 Å². The molecule has 0 spiro atoms. The summed E-state index contributed by atoms with van der Waals surface area (Å²) >= 11 is 0. The first-order valence-electron chi connectivity index (χ1n) is 17.9. The van der Waals surface area contributed by atoms with E-state index < -0.39 is 6.17 Å².